The molecule has 2 unspecified atom stereocenters. The van der Waals surface area contributed by atoms with Gasteiger partial charge in [0.15, 0.2) is 0 Å². The Hall–Kier alpha value is -3.41. The molecule has 0 spiro atoms. The van der Waals surface area contributed by atoms with Crippen LogP contribution in [0, 0.1) is 16.7 Å². The molecule has 2 fully saturated rings. The Morgan fingerprint density at radius 3 is 2.93 bits per heavy atom. The lowest BCUT2D eigenvalue weighted by Gasteiger charge is -2.34. The van der Waals surface area contributed by atoms with Crippen LogP contribution in [0.25, 0.3) is 5.57 Å². The molecule has 9 heteroatoms. The first-order valence-electron chi connectivity index (χ1n) is 9.78. The van der Waals surface area contributed by atoms with Gasteiger partial charge in [-0.1, -0.05) is 6.08 Å². The molecule has 1 aliphatic carbocycles. The van der Waals surface area contributed by atoms with Crippen molar-refractivity contribution >= 4 is 23.8 Å². The second-order valence-electron chi connectivity index (χ2n) is 7.65. The maximum atomic E-state index is 12.8. The molecule has 150 valence electrons. The smallest absolute Gasteiger partial charge is 0.319 e. The van der Waals surface area contributed by atoms with E-state index in [2.05, 4.69) is 38.1 Å². The number of allylic oxidation sites excluding steroid dienone is 1. The summed E-state index contributed by atoms with van der Waals surface area (Å²) in [7, 11) is 1.76. The van der Waals surface area contributed by atoms with Gasteiger partial charge in [0.25, 0.3) is 0 Å². The van der Waals surface area contributed by atoms with Gasteiger partial charge in [0.2, 0.25) is 5.95 Å². The van der Waals surface area contributed by atoms with Gasteiger partial charge in [0, 0.05) is 31.7 Å². The largest absolute Gasteiger partial charge is 0.392 e. The molecule has 29 heavy (non-hydrogen) atoms. The van der Waals surface area contributed by atoms with Crippen molar-refractivity contribution in [3.8, 4) is 6.07 Å². The second-order valence-corrected chi connectivity index (χ2v) is 7.65. The van der Waals surface area contributed by atoms with Crippen molar-refractivity contribution in [2.75, 3.05) is 12.4 Å². The third-order valence-electron chi connectivity index (χ3n) is 5.64. The SMILES string of the molecule is CN/C=C(\C=N)Nc1nccc(C2=CC3CCC(C2)N3C(=O)NC2(C#N)CC2)n1. The summed E-state index contributed by atoms with van der Waals surface area (Å²) in [5, 5.41) is 25.5. The number of carbonyl (C=O) groups excluding carboxylic acids is 1. The zero-order valence-corrected chi connectivity index (χ0v) is 16.3. The summed E-state index contributed by atoms with van der Waals surface area (Å²) in [6, 6.07) is 4.09. The third-order valence-corrected chi connectivity index (χ3v) is 5.64. The lowest BCUT2D eigenvalue weighted by Crippen LogP contribution is -2.51. The minimum Gasteiger partial charge on any atom is -0.392 e. The van der Waals surface area contributed by atoms with E-state index in [-0.39, 0.29) is 18.1 Å². The Labute approximate surface area is 169 Å². The van der Waals surface area contributed by atoms with Crippen LogP contribution >= 0.6 is 0 Å². The molecule has 0 aromatic carbocycles. The van der Waals surface area contributed by atoms with Crippen molar-refractivity contribution in [2.45, 2.75) is 49.7 Å². The number of fused-ring (bicyclic) bond motifs is 2. The van der Waals surface area contributed by atoms with Gasteiger partial charge < -0.3 is 26.3 Å². The molecule has 9 nitrogen and oxygen atoms in total. The van der Waals surface area contributed by atoms with Crippen molar-refractivity contribution in [3.05, 3.63) is 35.9 Å². The number of nitrogens with zero attached hydrogens (tertiary/aromatic N) is 4. The summed E-state index contributed by atoms with van der Waals surface area (Å²) in [5.74, 6) is 0.422. The molecule has 2 aliphatic heterocycles. The Morgan fingerprint density at radius 2 is 2.28 bits per heavy atom. The van der Waals surface area contributed by atoms with E-state index in [1.165, 1.54) is 6.21 Å². The number of hydrogen-bond donors (Lipinski definition) is 4. The summed E-state index contributed by atoms with van der Waals surface area (Å²) >= 11 is 0. The summed E-state index contributed by atoms with van der Waals surface area (Å²) < 4.78 is 0. The summed E-state index contributed by atoms with van der Waals surface area (Å²) in [4.78, 5) is 23.5. The van der Waals surface area contributed by atoms with Gasteiger partial charge in [-0.05, 0) is 43.7 Å². The van der Waals surface area contributed by atoms with Gasteiger partial charge >= 0.3 is 6.03 Å². The van der Waals surface area contributed by atoms with E-state index >= 15 is 0 Å². The van der Waals surface area contributed by atoms with Crippen molar-refractivity contribution in [2.24, 2.45) is 0 Å². The first-order valence-corrected chi connectivity index (χ1v) is 9.78. The molecule has 2 bridgehead atoms. The highest BCUT2D eigenvalue weighted by Gasteiger charge is 2.48. The van der Waals surface area contributed by atoms with Gasteiger partial charge in [-0.3, -0.25) is 0 Å². The van der Waals surface area contributed by atoms with Gasteiger partial charge in [-0.2, -0.15) is 5.26 Å². The zero-order valence-electron chi connectivity index (χ0n) is 16.3. The highest BCUT2D eigenvalue weighted by Crippen LogP contribution is 2.40. The van der Waals surface area contributed by atoms with Crippen LogP contribution in [0.2, 0.25) is 0 Å². The predicted molar refractivity (Wildman–Crippen MR) is 109 cm³/mol. The Kier molecular flexibility index (Phi) is 4.92. The first-order chi connectivity index (χ1) is 14.1. The Balaban J connectivity index is 1.51. The average Bonchev–Trinajstić information content (AvgIpc) is 3.45. The van der Waals surface area contributed by atoms with Crippen LogP contribution in [0.5, 0.6) is 0 Å². The minimum atomic E-state index is -0.652. The van der Waals surface area contributed by atoms with Crippen LogP contribution < -0.4 is 16.0 Å². The molecule has 3 heterocycles. The number of aromatic nitrogens is 2. The highest BCUT2D eigenvalue weighted by molar-refractivity contribution is 5.81. The quantitative estimate of drug-likeness (QED) is 0.548. The molecule has 1 saturated carbocycles. The molecular weight excluding hydrogens is 368 g/mol. The van der Waals surface area contributed by atoms with Crippen molar-refractivity contribution in [1.82, 2.24) is 25.5 Å². The maximum absolute atomic E-state index is 12.8. The molecule has 3 aliphatic rings. The number of amides is 2. The number of anilines is 1. The number of urea groups is 1. The molecule has 4 N–H and O–H groups in total. The lowest BCUT2D eigenvalue weighted by molar-refractivity contribution is 0.177. The molecule has 0 radical (unpaired) electrons. The lowest BCUT2D eigenvalue weighted by atomic mass is 9.98. The van der Waals surface area contributed by atoms with E-state index in [1.807, 2.05) is 11.0 Å². The van der Waals surface area contributed by atoms with Gasteiger partial charge in [0.1, 0.15) is 5.54 Å². The molecule has 4 rings (SSSR count). The standard InChI is InChI=1S/C20H24N8O/c1-23-11-14(10-21)25-18-24-7-4-17(26-18)13-8-15-2-3-16(9-13)28(15)19(29)27-20(12-22)5-6-20/h4,7-8,10-11,15-16,21,23H,2-3,5-6,9H2,1H3,(H,27,29)(H,24,25,26)/b14-11+,21-10?. The third kappa shape index (κ3) is 3.78. The van der Waals surface area contributed by atoms with Crippen LogP contribution in [-0.2, 0) is 0 Å². The van der Waals surface area contributed by atoms with Crippen molar-refractivity contribution in [1.29, 1.82) is 10.7 Å². The Morgan fingerprint density at radius 1 is 1.45 bits per heavy atom. The molecule has 2 amide bonds. The van der Waals surface area contributed by atoms with Gasteiger partial charge in [0.05, 0.1) is 23.5 Å². The topological polar surface area (TPSA) is 130 Å². The van der Waals surface area contributed by atoms with Crippen LogP contribution in [0.1, 0.15) is 37.8 Å². The van der Waals surface area contributed by atoms with E-state index in [9.17, 15) is 10.1 Å². The van der Waals surface area contributed by atoms with E-state index in [1.54, 1.807) is 19.4 Å². The molecule has 1 saturated heterocycles. The van der Waals surface area contributed by atoms with Gasteiger partial charge in [-0.15, -0.1) is 0 Å². The second kappa shape index (κ2) is 7.54. The van der Waals surface area contributed by atoms with Crippen molar-refractivity contribution in [3.63, 3.8) is 0 Å². The zero-order chi connectivity index (χ0) is 20.4. The normalized spacial score (nSPS) is 24.2. The highest BCUT2D eigenvalue weighted by atomic mass is 16.2. The summed E-state index contributed by atoms with van der Waals surface area (Å²) in [6.07, 6.45) is 10.7. The fraction of sp³-hybridized carbons (Fsp3) is 0.450. The van der Waals surface area contributed by atoms with Gasteiger partial charge in [-0.25, -0.2) is 14.8 Å². The number of rotatable bonds is 6. The van der Waals surface area contributed by atoms with Crippen LogP contribution in [0.15, 0.2) is 30.2 Å². The number of hydrogen-bond acceptors (Lipinski definition) is 7. The fourth-order valence-electron chi connectivity index (χ4n) is 3.99. The maximum Gasteiger partial charge on any atom is 0.319 e. The first kappa shape index (κ1) is 18.9. The predicted octanol–water partition coefficient (Wildman–Crippen LogP) is 1.98. The number of carbonyl (C=O) groups is 1. The fourth-order valence-corrected chi connectivity index (χ4v) is 3.99. The summed E-state index contributed by atoms with van der Waals surface area (Å²) in [5.41, 5.74) is 1.82. The average molecular weight is 392 g/mol. The van der Waals surface area contributed by atoms with Crippen molar-refractivity contribution < 1.29 is 4.79 Å². The van der Waals surface area contributed by atoms with E-state index in [0.717, 1.165) is 43.4 Å². The molecule has 2 atom stereocenters. The Bertz CT molecular complexity index is 927. The van der Waals surface area contributed by atoms with E-state index < -0.39 is 5.54 Å². The molecule has 1 aromatic heterocycles. The summed E-state index contributed by atoms with van der Waals surface area (Å²) in [6.45, 7) is 0. The monoisotopic (exact) mass is 392 g/mol. The van der Waals surface area contributed by atoms with E-state index in [0.29, 0.717) is 11.6 Å². The molecular formula is C20H24N8O. The van der Waals surface area contributed by atoms with Crippen LogP contribution in [-0.4, -0.2) is 51.8 Å². The molecule has 1 aromatic rings. The number of nitrogens with one attached hydrogen (secondary N) is 4. The number of nitriles is 1. The van der Waals surface area contributed by atoms with Crippen LogP contribution in [0.4, 0.5) is 10.7 Å². The van der Waals surface area contributed by atoms with E-state index in [4.69, 9.17) is 5.41 Å². The minimum absolute atomic E-state index is 0.0194. The van der Waals surface area contributed by atoms with Crippen LogP contribution in [0.3, 0.4) is 0 Å².